The van der Waals surface area contributed by atoms with E-state index < -0.39 is 34.3 Å². The van der Waals surface area contributed by atoms with Crippen LogP contribution in [0.5, 0.6) is 0 Å². The zero-order chi connectivity index (χ0) is 25.5. The number of hydrogen-bond acceptors (Lipinski definition) is 6. The van der Waals surface area contributed by atoms with Crippen molar-refractivity contribution in [1.82, 2.24) is 14.1 Å². The maximum atomic E-state index is 13.1. The monoisotopic (exact) mass is 530 g/mol. The summed E-state index contributed by atoms with van der Waals surface area (Å²) in [5, 5.41) is 0.397. The van der Waals surface area contributed by atoms with E-state index in [1.54, 1.807) is 28.9 Å². The first-order valence-corrected chi connectivity index (χ1v) is 12.5. The molecule has 3 N–H and O–H groups in total. The second kappa shape index (κ2) is 9.32. The third-order valence-corrected chi connectivity index (χ3v) is 7.62. The summed E-state index contributed by atoms with van der Waals surface area (Å²) in [5.41, 5.74) is 8.88. The molecule has 13 heteroatoms. The molecule has 1 aliphatic rings. The van der Waals surface area contributed by atoms with Gasteiger partial charge in [-0.05, 0) is 56.4 Å². The standard InChI is InChI=1S/C22H22ClF3N4O4S/c1-12-2-7-16(9-17(12)19-10-28-20-18(27)8-13(23)11-30(19)20)35(32,33)29-14-3-5-15(6-4-14)34-21(31)22(24,25)26/h2,7-11,14-15,29H,3-6,27H2,1H3. The number of fused-ring (bicyclic) bond motifs is 1. The van der Waals surface area contributed by atoms with Crippen molar-refractivity contribution in [3.63, 3.8) is 0 Å². The summed E-state index contributed by atoms with van der Waals surface area (Å²) in [6.45, 7) is 1.83. The zero-order valence-electron chi connectivity index (χ0n) is 18.5. The summed E-state index contributed by atoms with van der Waals surface area (Å²) in [6, 6.07) is 5.74. The fourth-order valence-electron chi connectivity index (χ4n) is 4.13. The van der Waals surface area contributed by atoms with Crippen molar-refractivity contribution >= 4 is 38.9 Å². The molecule has 0 unspecified atom stereocenters. The summed E-state index contributed by atoms with van der Waals surface area (Å²) in [5.74, 6) is -2.23. The van der Waals surface area contributed by atoms with E-state index in [0.717, 1.165) is 5.56 Å². The smallest absolute Gasteiger partial charge is 0.456 e. The van der Waals surface area contributed by atoms with E-state index in [4.69, 9.17) is 17.3 Å². The van der Waals surface area contributed by atoms with Crippen LogP contribution in [-0.2, 0) is 19.6 Å². The lowest BCUT2D eigenvalue weighted by Gasteiger charge is -2.29. The van der Waals surface area contributed by atoms with Crippen molar-refractivity contribution in [3.8, 4) is 11.3 Å². The number of rotatable bonds is 5. The molecule has 0 aliphatic heterocycles. The molecule has 2 heterocycles. The predicted octanol–water partition coefficient (Wildman–Crippen LogP) is 4.24. The fourth-order valence-corrected chi connectivity index (χ4v) is 5.67. The van der Waals surface area contributed by atoms with Crippen LogP contribution >= 0.6 is 11.6 Å². The highest BCUT2D eigenvalue weighted by Crippen LogP contribution is 2.31. The minimum atomic E-state index is -5.06. The van der Waals surface area contributed by atoms with E-state index >= 15 is 0 Å². The molecule has 188 valence electrons. The van der Waals surface area contributed by atoms with Crippen molar-refractivity contribution in [1.29, 1.82) is 0 Å². The molecule has 0 spiro atoms. The number of nitrogens with two attached hydrogens (primary N) is 1. The average Bonchev–Trinajstić information content (AvgIpc) is 3.18. The van der Waals surface area contributed by atoms with Crippen LogP contribution in [0.1, 0.15) is 31.2 Å². The Labute approximate surface area is 204 Å². The maximum absolute atomic E-state index is 13.1. The molecule has 0 bridgehead atoms. The van der Waals surface area contributed by atoms with Crippen LogP contribution in [0.25, 0.3) is 16.9 Å². The quantitative estimate of drug-likeness (QED) is 0.477. The molecular formula is C22H22ClF3N4O4S. The van der Waals surface area contributed by atoms with Crippen molar-refractivity contribution < 1.29 is 31.1 Å². The lowest BCUT2D eigenvalue weighted by atomic mass is 9.94. The summed E-state index contributed by atoms with van der Waals surface area (Å²) >= 11 is 6.13. The van der Waals surface area contributed by atoms with Gasteiger partial charge in [0.05, 0.1) is 27.5 Å². The van der Waals surface area contributed by atoms with Gasteiger partial charge in [0.25, 0.3) is 0 Å². The van der Waals surface area contributed by atoms with Gasteiger partial charge in [-0.1, -0.05) is 17.7 Å². The lowest BCUT2D eigenvalue weighted by Crippen LogP contribution is -2.40. The third kappa shape index (κ3) is 5.39. The van der Waals surface area contributed by atoms with Gasteiger partial charge in [0.2, 0.25) is 10.0 Å². The molecule has 2 aromatic heterocycles. The Hall–Kier alpha value is -2.83. The number of benzene rings is 1. The minimum Gasteiger partial charge on any atom is -0.456 e. The molecule has 1 aromatic carbocycles. The normalized spacial score (nSPS) is 19.1. The highest BCUT2D eigenvalue weighted by molar-refractivity contribution is 7.89. The molecule has 0 radical (unpaired) electrons. The van der Waals surface area contributed by atoms with Crippen molar-refractivity contribution in [2.24, 2.45) is 0 Å². The largest absolute Gasteiger partial charge is 0.490 e. The van der Waals surface area contributed by atoms with E-state index in [9.17, 15) is 26.4 Å². The van der Waals surface area contributed by atoms with Gasteiger partial charge in [-0.2, -0.15) is 13.2 Å². The van der Waals surface area contributed by atoms with Crippen LogP contribution in [0, 0.1) is 6.92 Å². The highest BCUT2D eigenvalue weighted by atomic mass is 35.5. The topological polar surface area (TPSA) is 116 Å². The number of halogens is 4. The number of sulfonamides is 1. The van der Waals surface area contributed by atoms with E-state index in [2.05, 4.69) is 14.4 Å². The summed E-state index contributed by atoms with van der Waals surface area (Å²) in [7, 11) is -3.94. The zero-order valence-corrected chi connectivity index (χ0v) is 20.0. The number of aromatic nitrogens is 2. The van der Waals surface area contributed by atoms with Gasteiger partial charge in [-0.25, -0.2) is 22.9 Å². The van der Waals surface area contributed by atoms with Crippen LogP contribution in [0.3, 0.4) is 0 Å². The molecule has 0 saturated heterocycles. The number of anilines is 1. The number of carbonyl (C=O) groups is 1. The second-order valence-corrected chi connectivity index (χ2v) is 10.6. The molecule has 1 saturated carbocycles. The Kier molecular flexibility index (Phi) is 6.73. The number of hydrogen-bond donors (Lipinski definition) is 2. The predicted molar refractivity (Wildman–Crippen MR) is 123 cm³/mol. The number of nitrogen functional groups attached to an aromatic ring is 1. The van der Waals surface area contributed by atoms with Crippen molar-refractivity contribution in [2.45, 2.75) is 55.8 Å². The first-order chi connectivity index (χ1) is 16.3. The number of esters is 1. The van der Waals surface area contributed by atoms with Crippen molar-refractivity contribution in [3.05, 3.63) is 47.2 Å². The molecule has 35 heavy (non-hydrogen) atoms. The first-order valence-electron chi connectivity index (χ1n) is 10.7. The summed E-state index contributed by atoms with van der Waals surface area (Å²) in [4.78, 5) is 15.4. The Morgan fingerprint density at radius 3 is 2.57 bits per heavy atom. The lowest BCUT2D eigenvalue weighted by molar-refractivity contribution is -0.206. The van der Waals surface area contributed by atoms with E-state index in [0.29, 0.717) is 27.6 Å². The Morgan fingerprint density at radius 2 is 1.91 bits per heavy atom. The van der Waals surface area contributed by atoms with Gasteiger partial charge < -0.3 is 10.5 Å². The van der Waals surface area contributed by atoms with E-state index in [-0.39, 0.29) is 30.6 Å². The van der Waals surface area contributed by atoms with E-state index in [1.165, 1.54) is 12.1 Å². The molecule has 4 rings (SSSR count). The van der Waals surface area contributed by atoms with Gasteiger partial charge in [0.15, 0.2) is 5.65 Å². The molecule has 0 atom stereocenters. The Balaban J connectivity index is 1.52. The number of imidazole rings is 1. The van der Waals surface area contributed by atoms with Crippen LogP contribution in [0.15, 0.2) is 41.6 Å². The van der Waals surface area contributed by atoms with Crippen LogP contribution in [0.2, 0.25) is 5.02 Å². The highest BCUT2D eigenvalue weighted by Gasteiger charge is 2.42. The molecular weight excluding hydrogens is 509 g/mol. The molecule has 1 aliphatic carbocycles. The minimum absolute atomic E-state index is 0.0219. The average molecular weight is 531 g/mol. The molecule has 1 fully saturated rings. The van der Waals surface area contributed by atoms with Crippen LogP contribution < -0.4 is 10.5 Å². The summed E-state index contributed by atoms with van der Waals surface area (Å²) in [6.07, 6.45) is -2.02. The number of nitrogens with zero attached hydrogens (tertiary/aromatic N) is 2. The second-order valence-electron chi connectivity index (χ2n) is 8.43. The van der Waals surface area contributed by atoms with Gasteiger partial charge in [-0.15, -0.1) is 0 Å². The fraction of sp³-hybridized carbons (Fsp3) is 0.364. The Bertz CT molecular complexity index is 1380. The van der Waals surface area contributed by atoms with Gasteiger partial charge >= 0.3 is 12.1 Å². The first kappa shape index (κ1) is 25.3. The molecule has 3 aromatic rings. The van der Waals surface area contributed by atoms with Crippen LogP contribution in [-0.4, -0.2) is 42.1 Å². The number of alkyl halides is 3. The number of pyridine rings is 1. The van der Waals surface area contributed by atoms with Crippen LogP contribution in [0.4, 0.5) is 18.9 Å². The molecule has 8 nitrogen and oxygen atoms in total. The van der Waals surface area contributed by atoms with Crippen molar-refractivity contribution in [2.75, 3.05) is 5.73 Å². The SMILES string of the molecule is Cc1ccc(S(=O)(=O)NC2CCC(OC(=O)C(F)(F)F)CC2)cc1-c1cnc2c(N)cc(Cl)cn12. The third-order valence-electron chi connectivity index (χ3n) is 5.90. The number of nitrogens with one attached hydrogen (secondary N) is 1. The number of aryl methyl sites for hydroxylation is 1. The summed E-state index contributed by atoms with van der Waals surface area (Å²) < 4.78 is 72.1. The maximum Gasteiger partial charge on any atom is 0.490 e. The van der Waals surface area contributed by atoms with Gasteiger partial charge in [-0.3, -0.25) is 4.40 Å². The Morgan fingerprint density at radius 1 is 1.23 bits per heavy atom. The van der Waals surface area contributed by atoms with E-state index in [1.807, 2.05) is 6.92 Å². The van der Waals surface area contributed by atoms with Gasteiger partial charge in [0.1, 0.15) is 6.10 Å². The number of carbonyl (C=O) groups excluding carboxylic acids is 1. The number of ether oxygens (including phenoxy) is 1. The van der Waals surface area contributed by atoms with Gasteiger partial charge in [0, 0.05) is 17.8 Å². The molecule has 0 amide bonds.